The lowest BCUT2D eigenvalue weighted by Crippen LogP contribution is -2.26. The standard InChI is InChI=1S/C19H16N6O2/c1-24-10-15(8-22-24)13-2-3-17-14(6-13)7-16(9-21-17)23-19(27)18(11-26)25-5-4-20-12-25/h2-12,18H,1H3,(H,23,27). The van der Waals surface area contributed by atoms with E-state index in [1.165, 1.54) is 17.1 Å². The van der Waals surface area contributed by atoms with Gasteiger partial charge in [-0.25, -0.2) is 4.98 Å². The number of hydrogen-bond acceptors (Lipinski definition) is 5. The van der Waals surface area contributed by atoms with E-state index in [4.69, 9.17) is 0 Å². The number of nitrogens with zero attached hydrogens (tertiary/aromatic N) is 5. The van der Waals surface area contributed by atoms with Crippen LogP contribution in [-0.2, 0) is 16.6 Å². The molecule has 3 heterocycles. The summed E-state index contributed by atoms with van der Waals surface area (Å²) in [5.74, 6) is -0.451. The summed E-state index contributed by atoms with van der Waals surface area (Å²) in [5.41, 5.74) is 3.32. The zero-order chi connectivity index (χ0) is 18.8. The minimum atomic E-state index is -0.982. The third kappa shape index (κ3) is 3.32. The number of pyridine rings is 1. The van der Waals surface area contributed by atoms with Gasteiger partial charge in [-0.3, -0.25) is 14.5 Å². The molecule has 1 aromatic carbocycles. The first-order valence-corrected chi connectivity index (χ1v) is 8.26. The quantitative estimate of drug-likeness (QED) is 0.435. The van der Waals surface area contributed by atoms with Crippen LogP contribution in [0.15, 0.2) is 61.6 Å². The maximum Gasteiger partial charge on any atom is 0.254 e. The molecular formula is C19H16N6O2. The normalized spacial score (nSPS) is 12.0. The third-order valence-corrected chi connectivity index (χ3v) is 4.23. The van der Waals surface area contributed by atoms with E-state index in [0.717, 1.165) is 22.0 Å². The van der Waals surface area contributed by atoms with Crippen molar-refractivity contribution >= 4 is 28.8 Å². The van der Waals surface area contributed by atoms with Gasteiger partial charge in [-0.15, -0.1) is 0 Å². The Kier molecular flexibility index (Phi) is 4.21. The first-order chi connectivity index (χ1) is 13.1. The van der Waals surface area contributed by atoms with Gasteiger partial charge in [0.05, 0.1) is 29.9 Å². The van der Waals surface area contributed by atoms with E-state index in [1.807, 2.05) is 37.5 Å². The number of anilines is 1. The fourth-order valence-corrected chi connectivity index (χ4v) is 2.87. The molecule has 0 aliphatic heterocycles. The molecule has 8 nitrogen and oxygen atoms in total. The van der Waals surface area contributed by atoms with Crippen LogP contribution in [0.5, 0.6) is 0 Å². The van der Waals surface area contributed by atoms with Crippen LogP contribution in [0.1, 0.15) is 6.04 Å². The van der Waals surface area contributed by atoms with Crippen LogP contribution in [0.3, 0.4) is 0 Å². The lowest BCUT2D eigenvalue weighted by molar-refractivity contribution is -0.124. The van der Waals surface area contributed by atoms with Crippen molar-refractivity contribution in [3.63, 3.8) is 0 Å². The molecule has 0 spiro atoms. The molecule has 1 amide bonds. The second kappa shape index (κ2) is 6.83. The number of nitrogens with one attached hydrogen (secondary N) is 1. The summed E-state index contributed by atoms with van der Waals surface area (Å²) < 4.78 is 3.18. The van der Waals surface area contributed by atoms with Gasteiger partial charge >= 0.3 is 0 Å². The highest BCUT2D eigenvalue weighted by molar-refractivity contribution is 6.03. The summed E-state index contributed by atoms with van der Waals surface area (Å²) in [6, 6.07) is 6.73. The van der Waals surface area contributed by atoms with Gasteiger partial charge in [-0.2, -0.15) is 5.10 Å². The van der Waals surface area contributed by atoms with Crippen molar-refractivity contribution in [2.24, 2.45) is 7.05 Å². The van der Waals surface area contributed by atoms with Crippen LogP contribution in [0, 0.1) is 0 Å². The average Bonchev–Trinajstić information content (AvgIpc) is 3.34. The molecular weight excluding hydrogens is 344 g/mol. The highest BCUT2D eigenvalue weighted by atomic mass is 16.2. The summed E-state index contributed by atoms with van der Waals surface area (Å²) in [5, 5.41) is 7.80. The van der Waals surface area contributed by atoms with Crippen molar-refractivity contribution in [2.75, 3.05) is 5.32 Å². The fraction of sp³-hybridized carbons (Fsp3) is 0.105. The van der Waals surface area contributed by atoms with Gasteiger partial charge in [-0.05, 0) is 23.8 Å². The maximum absolute atomic E-state index is 12.4. The van der Waals surface area contributed by atoms with E-state index in [9.17, 15) is 9.59 Å². The molecule has 1 N–H and O–H groups in total. The smallest absolute Gasteiger partial charge is 0.254 e. The van der Waals surface area contributed by atoms with Gasteiger partial charge in [0.2, 0.25) is 0 Å². The molecule has 134 valence electrons. The zero-order valence-electron chi connectivity index (χ0n) is 14.5. The Hall–Kier alpha value is -3.81. The van der Waals surface area contributed by atoms with Gasteiger partial charge in [0.25, 0.3) is 5.91 Å². The van der Waals surface area contributed by atoms with Crippen LogP contribution < -0.4 is 5.32 Å². The van der Waals surface area contributed by atoms with Crippen molar-refractivity contribution in [3.8, 4) is 11.1 Å². The average molecular weight is 360 g/mol. The summed E-state index contributed by atoms with van der Waals surface area (Å²) in [4.78, 5) is 32.0. The maximum atomic E-state index is 12.4. The highest BCUT2D eigenvalue weighted by Crippen LogP contribution is 2.25. The van der Waals surface area contributed by atoms with E-state index in [0.29, 0.717) is 12.0 Å². The number of imidazole rings is 1. The summed E-state index contributed by atoms with van der Waals surface area (Å²) in [6.45, 7) is 0. The number of aromatic nitrogens is 5. The lowest BCUT2D eigenvalue weighted by Gasteiger charge is -2.12. The molecule has 0 radical (unpaired) electrons. The zero-order valence-corrected chi connectivity index (χ0v) is 14.5. The Labute approximate surface area is 154 Å². The number of rotatable bonds is 5. The molecule has 8 heteroatoms. The molecule has 4 aromatic rings. The molecule has 0 saturated heterocycles. The SMILES string of the molecule is Cn1cc(-c2ccc3ncc(NC(=O)C(C=O)n4ccnc4)cc3c2)cn1. The number of amides is 1. The number of fused-ring (bicyclic) bond motifs is 1. The van der Waals surface area contributed by atoms with E-state index in [2.05, 4.69) is 20.4 Å². The number of benzene rings is 1. The molecule has 0 aliphatic rings. The van der Waals surface area contributed by atoms with Crippen molar-refractivity contribution in [1.82, 2.24) is 24.3 Å². The second-order valence-electron chi connectivity index (χ2n) is 6.11. The Morgan fingerprint density at radius 1 is 1.22 bits per heavy atom. The lowest BCUT2D eigenvalue weighted by atomic mass is 10.1. The molecule has 4 rings (SSSR count). The largest absolute Gasteiger partial charge is 0.322 e. The Morgan fingerprint density at radius 3 is 2.81 bits per heavy atom. The monoisotopic (exact) mass is 360 g/mol. The molecule has 1 atom stereocenters. The van der Waals surface area contributed by atoms with Gasteiger partial charge in [-0.1, -0.05) is 6.07 Å². The summed E-state index contributed by atoms with van der Waals surface area (Å²) in [7, 11) is 1.86. The number of hydrogen-bond donors (Lipinski definition) is 1. The Balaban J connectivity index is 1.62. The Bertz CT molecular complexity index is 1120. The van der Waals surface area contributed by atoms with Crippen molar-refractivity contribution in [1.29, 1.82) is 0 Å². The fourth-order valence-electron chi connectivity index (χ4n) is 2.87. The van der Waals surface area contributed by atoms with Crippen LogP contribution in [0.2, 0.25) is 0 Å². The van der Waals surface area contributed by atoms with Crippen molar-refractivity contribution in [2.45, 2.75) is 6.04 Å². The molecule has 0 bridgehead atoms. The molecule has 0 aliphatic carbocycles. The van der Waals surface area contributed by atoms with Gasteiger partial charge in [0.1, 0.15) is 0 Å². The van der Waals surface area contributed by atoms with Gasteiger partial charge < -0.3 is 14.7 Å². The third-order valence-electron chi connectivity index (χ3n) is 4.23. The predicted molar refractivity (Wildman–Crippen MR) is 99.9 cm³/mol. The minimum absolute atomic E-state index is 0.451. The van der Waals surface area contributed by atoms with E-state index >= 15 is 0 Å². The van der Waals surface area contributed by atoms with Crippen molar-refractivity contribution in [3.05, 3.63) is 61.6 Å². The van der Waals surface area contributed by atoms with E-state index in [1.54, 1.807) is 23.3 Å². The summed E-state index contributed by atoms with van der Waals surface area (Å²) >= 11 is 0. The molecule has 1 unspecified atom stereocenters. The Morgan fingerprint density at radius 2 is 2.11 bits per heavy atom. The number of aryl methyl sites for hydroxylation is 1. The summed E-state index contributed by atoms with van der Waals surface area (Å²) in [6.07, 6.45) is 10.4. The van der Waals surface area contributed by atoms with Crippen LogP contribution in [0.25, 0.3) is 22.0 Å². The first-order valence-electron chi connectivity index (χ1n) is 8.26. The topological polar surface area (TPSA) is 94.7 Å². The number of carbonyl (C=O) groups excluding carboxylic acids is 2. The van der Waals surface area contributed by atoms with Crippen LogP contribution in [-0.4, -0.2) is 36.5 Å². The molecule has 27 heavy (non-hydrogen) atoms. The van der Waals surface area contributed by atoms with Gasteiger partial charge in [0.15, 0.2) is 12.3 Å². The number of carbonyl (C=O) groups is 2. The predicted octanol–water partition coefficient (Wildman–Crippen LogP) is 2.21. The van der Waals surface area contributed by atoms with E-state index in [-0.39, 0.29) is 0 Å². The molecule has 0 fully saturated rings. The first kappa shape index (κ1) is 16.6. The molecule has 0 saturated carbocycles. The van der Waals surface area contributed by atoms with Crippen LogP contribution in [0.4, 0.5) is 5.69 Å². The minimum Gasteiger partial charge on any atom is -0.322 e. The number of aldehydes is 1. The van der Waals surface area contributed by atoms with Crippen molar-refractivity contribution < 1.29 is 9.59 Å². The molecule has 3 aromatic heterocycles. The van der Waals surface area contributed by atoms with Crippen LogP contribution >= 0.6 is 0 Å². The second-order valence-corrected chi connectivity index (χ2v) is 6.11. The highest BCUT2D eigenvalue weighted by Gasteiger charge is 2.19. The van der Waals surface area contributed by atoms with Gasteiger partial charge in [0, 0.05) is 36.6 Å². The van der Waals surface area contributed by atoms with E-state index < -0.39 is 11.9 Å².